The number of urea groups is 1. The highest BCUT2D eigenvalue weighted by Crippen LogP contribution is 2.36. The van der Waals surface area contributed by atoms with Gasteiger partial charge in [0.15, 0.2) is 0 Å². The van der Waals surface area contributed by atoms with E-state index in [2.05, 4.69) is 31.2 Å². The number of primary amides is 1. The number of nitrogens with two attached hydrogens (primary N) is 1. The lowest BCUT2D eigenvalue weighted by atomic mass is 9.96. The van der Waals surface area contributed by atoms with Gasteiger partial charge in [0.1, 0.15) is 0 Å². The van der Waals surface area contributed by atoms with Crippen LogP contribution in [0.3, 0.4) is 0 Å². The molecule has 0 radical (unpaired) electrons. The fraction of sp³-hybridized carbons (Fsp3) is 0.462. The molecule has 1 aliphatic rings. The smallest absolute Gasteiger partial charge is 0.338 e. The number of nitrogens with zero attached hydrogens (tertiary/aromatic N) is 1. The Morgan fingerprint density at radius 1 is 1.35 bits per heavy atom. The van der Waals surface area contributed by atoms with Crippen molar-refractivity contribution in [3.05, 3.63) is 35.4 Å². The molecule has 1 fully saturated rings. The van der Waals surface area contributed by atoms with Crippen LogP contribution in [0.25, 0.3) is 0 Å². The van der Waals surface area contributed by atoms with Crippen molar-refractivity contribution in [1.29, 1.82) is 0 Å². The normalized spacial score (nSPS) is 23.6. The number of hydroxylamine groups is 2. The summed E-state index contributed by atoms with van der Waals surface area (Å²) in [7, 11) is 0. The average molecular weight is 234 g/mol. The van der Waals surface area contributed by atoms with Gasteiger partial charge in [-0.2, -0.15) is 0 Å². The SMILES string of the molecule is Cc1ccc([C@@H]2CC[C@H](N(O)C(N)=O)C2)cc1. The Morgan fingerprint density at radius 2 is 2.00 bits per heavy atom. The lowest BCUT2D eigenvalue weighted by Gasteiger charge is -2.19. The van der Waals surface area contributed by atoms with Gasteiger partial charge in [0, 0.05) is 0 Å². The molecule has 0 heterocycles. The summed E-state index contributed by atoms with van der Waals surface area (Å²) < 4.78 is 0. The third kappa shape index (κ3) is 2.58. The summed E-state index contributed by atoms with van der Waals surface area (Å²) in [5.41, 5.74) is 7.57. The van der Waals surface area contributed by atoms with Crippen LogP contribution in [0, 0.1) is 6.92 Å². The maximum absolute atomic E-state index is 10.9. The highest BCUT2D eigenvalue weighted by Gasteiger charge is 2.31. The van der Waals surface area contributed by atoms with E-state index in [4.69, 9.17) is 5.73 Å². The minimum Gasteiger partial charge on any atom is -0.350 e. The summed E-state index contributed by atoms with van der Waals surface area (Å²) in [4.78, 5) is 10.9. The van der Waals surface area contributed by atoms with E-state index >= 15 is 0 Å². The molecule has 17 heavy (non-hydrogen) atoms. The van der Waals surface area contributed by atoms with Crippen molar-refractivity contribution in [3.8, 4) is 0 Å². The zero-order chi connectivity index (χ0) is 12.4. The van der Waals surface area contributed by atoms with Gasteiger partial charge in [-0.15, -0.1) is 0 Å². The van der Waals surface area contributed by atoms with Crippen molar-refractivity contribution < 1.29 is 10.0 Å². The fourth-order valence-electron chi connectivity index (χ4n) is 2.50. The van der Waals surface area contributed by atoms with Crippen LogP contribution in [-0.4, -0.2) is 22.3 Å². The highest BCUT2D eigenvalue weighted by molar-refractivity contribution is 5.70. The number of benzene rings is 1. The zero-order valence-electron chi connectivity index (χ0n) is 9.97. The predicted octanol–water partition coefficient (Wildman–Crippen LogP) is 2.40. The van der Waals surface area contributed by atoms with Gasteiger partial charge < -0.3 is 5.73 Å². The van der Waals surface area contributed by atoms with Gasteiger partial charge in [0.05, 0.1) is 6.04 Å². The summed E-state index contributed by atoms with van der Waals surface area (Å²) in [5, 5.41) is 10.2. The first-order valence-corrected chi connectivity index (χ1v) is 5.92. The van der Waals surface area contributed by atoms with E-state index in [0.717, 1.165) is 19.3 Å². The van der Waals surface area contributed by atoms with Crippen LogP contribution in [0.4, 0.5) is 4.79 Å². The maximum atomic E-state index is 10.9. The summed E-state index contributed by atoms with van der Waals surface area (Å²) in [6, 6.07) is 7.52. The van der Waals surface area contributed by atoms with Crippen LogP contribution in [0.5, 0.6) is 0 Å². The Labute approximate surface area is 101 Å². The topological polar surface area (TPSA) is 66.6 Å². The van der Waals surface area contributed by atoms with Gasteiger partial charge in [-0.1, -0.05) is 29.8 Å². The maximum Gasteiger partial charge on any atom is 0.338 e. The van der Waals surface area contributed by atoms with Gasteiger partial charge in [-0.05, 0) is 37.7 Å². The second-order valence-corrected chi connectivity index (χ2v) is 4.76. The molecule has 2 atom stereocenters. The van der Waals surface area contributed by atoms with Gasteiger partial charge in [-0.3, -0.25) is 5.21 Å². The van der Waals surface area contributed by atoms with Crippen LogP contribution in [0.1, 0.15) is 36.3 Å². The zero-order valence-corrected chi connectivity index (χ0v) is 9.97. The van der Waals surface area contributed by atoms with E-state index in [1.165, 1.54) is 11.1 Å². The number of amides is 2. The van der Waals surface area contributed by atoms with E-state index < -0.39 is 6.03 Å². The van der Waals surface area contributed by atoms with E-state index in [-0.39, 0.29) is 6.04 Å². The minimum atomic E-state index is -0.764. The second kappa shape index (κ2) is 4.75. The van der Waals surface area contributed by atoms with Crippen LogP contribution in [0.2, 0.25) is 0 Å². The second-order valence-electron chi connectivity index (χ2n) is 4.76. The largest absolute Gasteiger partial charge is 0.350 e. The fourth-order valence-corrected chi connectivity index (χ4v) is 2.50. The van der Waals surface area contributed by atoms with Crippen LogP contribution in [-0.2, 0) is 0 Å². The number of hydrogen-bond donors (Lipinski definition) is 2. The Morgan fingerprint density at radius 3 is 2.59 bits per heavy atom. The average Bonchev–Trinajstić information content (AvgIpc) is 2.78. The molecule has 0 spiro atoms. The Balaban J connectivity index is 2.02. The summed E-state index contributed by atoms with van der Waals surface area (Å²) in [5.74, 6) is 0.412. The molecule has 1 aliphatic carbocycles. The van der Waals surface area contributed by atoms with Crippen molar-refractivity contribution in [2.75, 3.05) is 0 Å². The summed E-state index contributed by atoms with van der Waals surface area (Å²) in [6.07, 6.45) is 2.57. The molecule has 0 saturated heterocycles. The van der Waals surface area contributed by atoms with Crippen LogP contribution in [0.15, 0.2) is 24.3 Å². The molecule has 0 aromatic heterocycles. The van der Waals surface area contributed by atoms with E-state index in [1.54, 1.807) is 0 Å². The molecule has 4 heteroatoms. The van der Waals surface area contributed by atoms with Crippen molar-refractivity contribution in [1.82, 2.24) is 5.06 Å². The molecule has 0 aliphatic heterocycles. The van der Waals surface area contributed by atoms with Crippen LogP contribution < -0.4 is 5.73 Å². The van der Waals surface area contributed by atoms with E-state index in [0.29, 0.717) is 11.0 Å². The summed E-state index contributed by atoms with van der Waals surface area (Å²) in [6.45, 7) is 2.06. The molecular weight excluding hydrogens is 216 g/mol. The minimum absolute atomic E-state index is 0.140. The van der Waals surface area contributed by atoms with Gasteiger partial charge in [0.2, 0.25) is 0 Å². The third-order valence-electron chi connectivity index (χ3n) is 3.53. The molecule has 3 N–H and O–H groups in total. The van der Waals surface area contributed by atoms with Crippen molar-refractivity contribution in [2.45, 2.75) is 38.1 Å². The molecule has 92 valence electrons. The monoisotopic (exact) mass is 234 g/mol. The lowest BCUT2D eigenvalue weighted by Crippen LogP contribution is -2.39. The number of aryl methyl sites for hydroxylation is 1. The Kier molecular flexibility index (Phi) is 3.33. The molecule has 2 rings (SSSR count). The van der Waals surface area contributed by atoms with Crippen molar-refractivity contribution in [3.63, 3.8) is 0 Å². The van der Waals surface area contributed by atoms with Crippen molar-refractivity contribution in [2.24, 2.45) is 5.73 Å². The first-order valence-electron chi connectivity index (χ1n) is 5.92. The molecule has 1 aromatic rings. The molecule has 1 saturated carbocycles. The first-order chi connectivity index (χ1) is 8.08. The number of rotatable bonds is 2. The van der Waals surface area contributed by atoms with Gasteiger partial charge in [0.25, 0.3) is 0 Å². The Hall–Kier alpha value is -1.55. The molecule has 0 bridgehead atoms. The number of hydrogen-bond acceptors (Lipinski definition) is 2. The lowest BCUT2D eigenvalue weighted by molar-refractivity contribution is -0.0730. The van der Waals surface area contributed by atoms with E-state index in [1.807, 2.05) is 0 Å². The number of carbonyl (C=O) groups is 1. The van der Waals surface area contributed by atoms with E-state index in [9.17, 15) is 10.0 Å². The predicted molar refractivity (Wildman–Crippen MR) is 64.8 cm³/mol. The first kappa shape index (κ1) is 11.9. The molecular formula is C13H18N2O2. The highest BCUT2D eigenvalue weighted by atomic mass is 16.5. The molecule has 4 nitrogen and oxygen atoms in total. The van der Waals surface area contributed by atoms with Gasteiger partial charge >= 0.3 is 6.03 Å². The molecule has 0 unspecified atom stereocenters. The Bertz CT molecular complexity index is 402. The van der Waals surface area contributed by atoms with Crippen molar-refractivity contribution >= 4 is 6.03 Å². The third-order valence-corrected chi connectivity index (χ3v) is 3.53. The number of carbonyl (C=O) groups excluding carboxylic acids is 1. The van der Waals surface area contributed by atoms with Crippen LogP contribution >= 0.6 is 0 Å². The standard InChI is InChI=1S/C13H18N2O2/c1-9-2-4-10(5-3-9)11-6-7-12(8-11)15(17)13(14)16/h2-5,11-12,17H,6-8H2,1H3,(H2,14,16)/t11-,12+/m1/s1. The molecule has 2 amide bonds. The molecule has 1 aromatic carbocycles. The quantitative estimate of drug-likeness (QED) is 0.609. The van der Waals surface area contributed by atoms with Gasteiger partial charge in [-0.25, -0.2) is 9.86 Å². The summed E-state index contributed by atoms with van der Waals surface area (Å²) >= 11 is 0.